The number of amidine groups is 1. The molecule has 0 bridgehead atoms. The second-order valence-electron chi connectivity index (χ2n) is 2.91. The van der Waals surface area contributed by atoms with Crippen LogP contribution in [0.1, 0.15) is 18.2 Å². The zero-order valence-corrected chi connectivity index (χ0v) is 8.50. The molecule has 0 aromatic carbocycles. The van der Waals surface area contributed by atoms with Gasteiger partial charge in [-0.05, 0) is 17.9 Å². The Bertz CT molecular complexity index is 359. The zero-order valence-electron chi connectivity index (χ0n) is 7.69. The van der Waals surface area contributed by atoms with Crippen LogP contribution in [0, 0.1) is 0 Å². The number of rotatable bonds is 2. The number of hydrogen-bond acceptors (Lipinski definition) is 4. The van der Waals surface area contributed by atoms with Gasteiger partial charge in [0.05, 0.1) is 4.88 Å². The van der Waals surface area contributed by atoms with E-state index in [4.69, 9.17) is 4.84 Å². The topological polar surface area (TPSA) is 50.7 Å². The molecule has 4 nitrogen and oxygen atoms in total. The van der Waals surface area contributed by atoms with E-state index >= 15 is 0 Å². The minimum Gasteiger partial charge on any atom is -0.381 e. The highest BCUT2D eigenvalue weighted by atomic mass is 32.1. The number of nitrogens with zero attached hydrogens (tertiary/aromatic N) is 1. The summed E-state index contributed by atoms with van der Waals surface area (Å²) in [6.07, 6.45) is 0.186. The first-order valence-electron chi connectivity index (χ1n) is 4.40. The number of thiophene rings is 1. The molecule has 0 fully saturated rings. The third-order valence-corrected chi connectivity index (χ3v) is 2.81. The number of amides is 1. The normalized spacial score (nSPS) is 21.1. The van der Waals surface area contributed by atoms with E-state index in [1.54, 1.807) is 0 Å². The van der Waals surface area contributed by atoms with E-state index in [2.05, 4.69) is 10.5 Å². The summed E-state index contributed by atoms with van der Waals surface area (Å²) >= 11 is 1.51. The molecule has 1 N–H and O–H groups in total. The van der Waals surface area contributed by atoms with Gasteiger partial charge in [-0.15, -0.1) is 11.3 Å². The second-order valence-corrected chi connectivity index (χ2v) is 3.86. The van der Waals surface area contributed by atoms with Crippen molar-refractivity contribution >= 4 is 23.1 Å². The lowest BCUT2D eigenvalue weighted by molar-refractivity contribution is -0.133. The lowest BCUT2D eigenvalue weighted by atomic mass is 10.2. The SMILES string of the molecule is CCC1ON=C(c2cccs2)NC1=O. The van der Waals surface area contributed by atoms with Crippen LogP contribution in [0.15, 0.2) is 22.7 Å². The van der Waals surface area contributed by atoms with Gasteiger partial charge >= 0.3 is 0 Å². The third-order valence-electron chi connectivity index (χ3n) is 1.93. The number of hydrogen-bond donors (Lipinski definition) is 1. The predicted molar refractivity (Wildman–Crippen MR) is 54.2 cm³/mol. The second kappa shape index (κ2) is 3.79. The van der Waals surface area contributed by atoms with E-state index < -0.39 is 6.10 Å². The zero-order chi connectivity index (χ0) is 9.97. The fourth-order valence-corrected chi connectivity index (χ4v) is 1.82. The maximum Gasteiger partial charge on any atom is 0.269 e. The highest BCUT2D eigenvalue weighted by Gasteiger charge is 2.25. The molecule has 0 aliphatic carbocycles. The Morgan fingerprint density at radius 1 is 1.71 bits per heavy atom. The van der Waals surface area contributed by atoms with Gasteiger partial charge in [-0.2, -0.15) is 0 Å². The van der Waals surface area contributed by atoms with E-state index in [1.165, 1.54) is 11.3 Å². The Balaban J connectivity index is 2.18. The molecule has 1 aliphatic rings. The van der Waals surface area contributed by atoms with E-state index in [-0.39, 0.29) is 5.91 Å². The highest BCUT2D eigenvalue weighted by Crippen LogP contribution is 2.13. The van der Waals surface area contributed by atoms with Gasteiger partial charge in [0.2, 0.25) is 6.10 Å². The molecule has 74 valence electrons. The molecule has 1 amide bonds. The van der Waals surface area contributed by atoms with Crippen LogP contribution in [0.2, 0.25) is 0 Å². The van der Waals surface area contributed by atoms with Crippen molar-refractivity contribution in [1.29, 1.82) is 0 Å². The fourth-order valence-electron chi connectivity index (χ4n) is 1.16. The molecule has 5 heteroatoms. The van der Waals surface area contributed by atoms with Gasteiger partial charge in [0.15, 0.2) is 5.84 Å². The molecule has 1 aromatic heterocycles. The average Bonchev–Trinajstić information content (AvgIpc) is 2.70. The molecule has 0 radical (unpaired) electrons. The van der Waals surface area contributed by atoms with Crippen LogP contribution >= 0.6 is 11.3 Å². The summed E-state index contributed by atoms with van der Waals surface area (Å²) in [4.78, 5) is 17.4. The summed E-state index contributed by atoms with van der Waals surface area (Å²) in [7, 11) is 0. The number of carbonyl (C=O) groups excluding carboxylic acids is 1. The van der Waals surface area contributed by atoms with Gasteiger partial charge in [-0.3, -0.25) is 4.79 Å². The first kappa shape index (κ1) is 9.21. The molecule has 0 saturated heterocycles. The van der Waals surface area contributed by atoms with E-state index in [1.807, 2.05) is 24.4 Å². The van der Waals surface area contributed by atoms with Crippen molar-refractivity contribution in [2.24, 2.45) is 5.16 Å². The molecule has 2 rings (SSSR count). The molecule has 2 heterocycles. The van der Waals surface area contributed by atoms with Crippen LogP contribution in [0.25, 0.3) is 0 Å². The van der Waals surface area contributed by atoms with Gasteiger partial charge in [0.25, 0.3) is 5.91 Å². The predicted octanol–water partition coefficient (Wildman–Crippen LogP) is 1.33. The Kier molecular flexibility index (Phi) is 2.49. The molecular formula is C9H10N2O2S. The van der Waals surface area contributed by atoms with Crippen LogP contribution in [0.3, 0.4) is 0 Å². The Labute approximate surface area is 85.6 Å². The van der Waals surface area contributed by atoms with E-state index in [0.717, 1.165) is 4.88 Å². The van der Waals surface area contributed by atoms with E-state index in [0.29, 0.717) is 12.3 Å². The number of oxime groups is 1. The summed E-state index contributed by atoms with van der Waals surface area (Å²) in [6.45, 7) is 1.88. The van der Waals surface area contributed by atoms with Crippen molar-refractivity contribution in [2.75, 3.05) is 0 Å². The van der Waals surface area contributed by atoms with Crippen LogP contribution in [0.5, 0.6) is 0 Å². The molecule has 1 unspecified atom stereocenters. The van der Waals surface area contributed by atoms with Crippen LogP contribution in [-0.2, 0) is 9.63 Å². The standard InChI is InChI=1S/C9H10N2O2S/c1-2-6-9(12)10-8(11-13-6)7-4-3-5-14-7/h3-6H,2H2,1H3,(H,10,11,12). The average molecular weight is 210 g/mol. The monoisotopic (exact) mass is 210 g/mol. The maximum atomic E-state index is 11.4. The Morgan fingerprint density at radius 3 is 3.14 bits per heavy atom. The number of nitrogens with one attached hydrogen (secondary N) is 1. The van der Waals surface area contributed by atoms with Crippen molar-refractivity contribution < 1.29 is 9.63 Å². The minimum atomic E-state index is -0.446. The molecule has 1 aliphatic heterocycles. The van der Waals surface area contributed by atoms with Crippen molar-refractivity contribution in [3.05, 3.63) is 22.4 Å². The summed E-state index contributed by atoms with van der Waals surface area (Å²) in [5.41, 5.74) is 0. The van der Waals surface area contributed by atoms with Gasteiger partial charge in [-0.1, -0.05) is 18.1 Å². The molecule has 1 aromatic rings. The van der Waals surface area contributed by atoms with E-state index in [9.17, 15) is 4.79 Å². The highest BCUT2D eigenvalue weighted by molar-refractivity contribution is 7.12. The van der Waals surface area contributed by atoms with Crippen LogP contribution in [-0.4, -0.2) is 17.8 Å². The largest absolute Gasteiger partial charge is 0.381 e. The first-order valence-corrected chi connectivity index (χ1v) is 5.27. The van der Waals surface area contributed by atoms with Gasteiger partial charge in [0.1, 0.15) is 0 Å². The lowest BCUT2D eigenvalue weighted by Crippen LogP contribution is -2.43. The van der Waals surface area contributed by atoms with Crippen molar-refractivity contribution in [3.8, 4) is 0 Å². The van der Waals surface area contributed by atoms with Crippen molar-refractivity contribution in [2.45, 2.75) is 19.4 Å². The quantitative estimate of drug-likeness (QED) is 0.800. The molecular weight excluding hydrogens is 200 g/mol. The maximum absolute atomic E-state index is 11.4. The summed E-state index contributed by atoms with van der Waals surface area (Å²) in [5.74, 6) is 0.389. The smallest absolute Gasteiger partial charge is 0.269 e. The van der Waals surface area contributed by atoms with Crippen LogP contribution in [0.4, 0.5) is 0 Å². The van der Waals surface area contributed by atoms with Gasteiger partial charge in [-0.25, -0.2) is 0 Å². The molecule has 0 saturated carbocycles. The van der Waals surface area contributed by atoms with Crippen molar-refractivity contribution in [3.63, 3.8) is 0 Å². The first-order chi connectivity index (χ1) is 6.81. The number of carbonyl (C=O) groups is 1. The molecule has 1 atom stereocenters. The van der Waals surface area contributed by atoms with Crippen LogP contribution < -0.4 is 5.32 Å². The minimum absolute atomic E-state index is 0.120. The molecule has 0 spiro atoms. The molecule has 14 heavy (non-hydrogen) atoms. The van der Waals surface area contributed by atoms with Crippen molar-refractivity contribution in [1.82, 2.24) is 5.32 Å². The lowest BCUT2D eigenvalue weighted by Gasteiger charge is -2.19. The summed E-state index contributed by atoms with van der Waals surface area (Å²) in [6, 6.07) is 3.79. The summed E-state index contributed by atoms with van der Waals surface area (Å²) < 4.78 is 0. The summed E-state index contributed by atoms with van der Waals surface area (Å²) in [5, 5.41) is 8.51. The third kappa shape index (κ3) is 1.63. The Morgan fingerprint density at radius 2 is 2.57 bits per heavy atom. The van der Waals surface area contributed by atoms with Gasteiger partial charge < -0.3 is 10.2 Å². The van der Waals surface area contributed by atoms with Gasteiger partial charge in [0, 0.05) is 0 Å². The fraction of sp³-hybridized carbons (Fsp3) is 0.333. The Hall–Kier alpha value is -1.36.